The van der Waals surface area contributed by atoms with Crippen LogP contribution in [0.2, 0.25) is 0 Å². The number of rotatable bonds is 3. The summed E-state index contributed by atoms with van der Waals surface area (Å²) in [7, 11) is 0. The topological polar surface area (TPSA) is 53.6 Å². The number of furan rings is 1. The van der Waals surface area contributed by atoms with Crippen LogP contribution in [-0.2, 0) is 0 Å². The van der Waals surface area contributed by atoms with Gasteiger partial charge in [-0.15, -0.1) is 0 Å². The smallest absolute Gasteiger partial charge is 0.142 e. The first-order chi connectivity index (χ1) is 11.0. The lowest BCUT2D eigenvalue weighted by Gasteiger charge is -2.18. The van der Waals surface area contributed by atoms with Gasteiger partial charge in [0, 0.05) is 0 Å². The van der Waals surface area contributed by atoms with Crippen molar-refractivity contribution in [1.29, 1.82) is 0 Å². The first kappa shape index (κ1) is 17.3. The zero-order chi connectivity index (χ0) is 16.6. The molecule has 1 aromatic heterocycles. The highest BCUT2D eigenvalue weighted by Crippen LogP contribution is 2.38. The van der Waals surface area contributed by atoms with Crippen molar-refractivity contribution in [2.75, 3.05) is 0 Å². The molecule has 0 saturated heterocycles. The molecular weight excluding hydrogens is 633 g/mol. The third-order valence-electron chi connectivity index (χ3n) is 3.51. The minimum absolute atomic E-state index is 0.0956. The molecule has 2 aromatic carbocycles. The van der Waals surface area contributed by atoms with Crippen molar-refractivity contribution < 1.29 is 14.6 Å². The van der Waals surface area contributed by atoms with Gasteiger partial charge in [-0.1, -0.05) is 6.07 Å². The largest absolute Gasteiger partial charge is 0.507 e. The highest BCUT2D eigenvalue weighted by Gasteiger charge is 2.22. The number of benzene rings is 2. The van der Waals surface area contributed by atoms with E-state index in [1.165, 1.54) is 0 Å². The lowest BCUT2D eigenvalue weighted by atomic mass is 9.89. The van der Waals surface area contributed by atoms with Crippen molar-refractivity contribution >= 4 is 67.8 Å². The normalized spacial score (nSPS) is 12.3. The highest BCUT2D eigenvalue weighted by molar-refractivity contribution is 14.1. The standard InChI is InChI=1S/C17H11I3O3/c18-11-6-9(3-4-14(11)21)16(15-2-1-5-23-15)10-7-12(19)17(22)13(20)8-10/h1-8,16,21-22H. The summed E-state index contributed by atoms with van der Waals surface area (Å²) >= 11 is 6.38. The molecule has 0 aliphatic carbocycles. The second-order valence-corrected chi connectivity index (χ2v) is 8.48. The molecule has 0 fully saturated rings. The predicted molar refractivity (Wildman–Crippen MR) is 114 cm³/mol. The van der Waals surface area contributed by atoms with Crippen LogP contribution in [0.25, 0.3) is 0 Å². The number of hydrogen-bond donors (Lipinski definition) is 2. The molecule has 0 bridgehead atoms. The summed E-state index contributed by atoms with van der Waals surface area (Å²) in [6.07, 6.45) is 1.66. The molecule has 1 unspecified atom stereocenters. The van der Waals surface area contributed by atoms with E-state index in [4.69, 9.17) is 4.42 Å². The summed E-state index contributed by atoms with van der Waals surface area (Å²) in [4.78, 5) is 0. The van der Waals surface area contributed by atoms with Crippen LogP contribution in [0.1, 0.15) is 22.8 Å². The van der Waals surface area contributed by atoms with Gasteiger partial charge in [0.05, 0.1) is 22.9 Å². The molecule has 0 aliphatic heterocycles. The Kier molecular flexibility index (Phi) is 5.41. The third kappa shape index (κ3) is 3.63. The van der Waals surface area contributed by atoms with Crippen LogP contribution in [0.5, 0.6) is 11.5 Å². The Morgan fingerprint density at radius 2 is 1.48 bits per heavy atom. The van der Waals surface area contributed by atoms with E-state index in [1.54, 1.807) is 12.3 Å². The monoisotopic (exact) mass is 644 g/mol. The van der Waals surface area contributed by atoms with Crippen LogP contribution in [0.15, 0.2) is 53.1 Å². The number of halogens is 3. The lowest BCUT2D eigenvalue weighted by Crippen LogP contribution is -2.04. The van der Waals surface area contributed by atoms with Crippen LogP contribution in [0.4, 0.5) is 0 Å². The van der Waals surface area contributed by atoms with Gasteiger partial charge in [0.25, 0.3) is 0 Å². The summed E-state index contributed by atoms with van der Waals surface area (Å²) in [5, 5.41) is 19.8. The number of phenols is 2. The van der Waals surface area contributed by atoms with E-state index in [0.29, 0.717) is 5.75 Å². The Morgan fingerprint density at radius 3 is 2.04 bits per heavy atom. The van der Waals surface area contributed by atoms with Crippen molar-refractivity contribution in [2.45, 2.75) is 5.92 Å². The second-order valence-electron chi connectivity index (χ2n) is 4.99. The third-order valence-corrected chi connectivity index (χ3v) is 6.01. The molecule has 1 atom stereocenters. The molecule has 23 heavy (non-hydrogen) atoms. The van der Waals surface area contributed by atoms with Gasteiger partial charge in [-0.3, -0.25) is 0 Å². The van der Waals surface area contributed by atoms with E-state index in [-0.39, 0.29) is 11.7 Å². The Hall–Kier alpha value is -0.490. The maximum Gasteiger partial charge on any atom is 0.142 e. The van der Waals surface area contributed by atoms with E-state index < -0.39 is 0 Å². The maximum atomic E-state index is 10.0. The summed E-state index contributed by atoms with van der Waals surface area (Å²) in [6.45, 7) is 0. The fourth-order valence-corrected chi connectivity index (χ4v) is 4.79. The van der Waals surface area contributed by atoms with Crippen molar-refractivity contribution in [2.24, 2.45) is 0 Å². The Bertz CT molecular complexity index is 821. The van der Waals surface area contributed by atoms with Crippen molar-refractivity contribution in [1.82, 2.24) is 0 Å². The zero-order valence-corrected chi connectivity index (χ0v) is 18.1. The van der Waals surface area contributed by atoms with E-state index >= 15 is 0 Å². The molecule has 6 heteroatoms. The highest BCUT2D eigenvalue weighted by atomic mass is 127. The quantitative estimate of drug-likeness (QED) is 0.361. The lowest BCUT2D eigenvalue weighted by molar-refractivity contribution is 0.466. The van der Waals surface area contributed by atoms with Crippen LogP contribution < -0.4 is 0 Å². The summed E-state index contributed by atoms with van der Waals surface area (Å²) in [5.74, 6) is 1.29. The van der Waals surface area contributed by atoms with E-state index in [1.807, 2.05) is 36.4 Å². The first-order valence-corrected chi connectivity index (χ1v) is 9.90. The molecule has 0 saturated carbocycles. The fourth-order valence-electron chi connectivity index (χ4n) is 2.43. The van der Waals surface area contributed by atoms with Gasteiger partial charge in [0.2, 0.25) is 0 Å². The van der Waals surface area contributed by atoms with E-state index in [2.05, 4.69) is 67.8 Å². The Balaban J connectivity index is 2.19. The van der Waals surface area contributed by atoms with Crippen LogP contribution in [-0.4, -0.2) is 10.2 Å². The minimum Gasteiger partial charge on any atom is -0.507 e. The number of aromatic hydroxyl groups is 2. The number of hydrogen-bond acceptors (Lipinski definition) is 3. The van der Waals surface area contributed by atoms with Gasteiger partial charge in [-0.05, 0) is 115 Å². The van der Waals surface area contributed by atoms with Gasteiger partial charge in [-0.25, -0.2) is 0 Å². The molecule has 0 spiro atoms. The minimum atomic E-state index is -0.0956. The molecule has 3 rings (SSSR count). The zero-order valence-electron chi connectivity index (χ0n) is 11.6. The molecule has 0 aliphatic rings. The Labute approximate surface area is 174 Å². The van der Waals surface area contributed by atoms with Gasteiger partial charge in [-0.2, -0.15) is 0 Å². The Morgan fingerprint density at radius 1 is 0.826 bits per heavy atom. The van der Waals surface area contributed by atoms with Gasteiger partial charge in [0.1, 0.15) is 17.3 Å². The molecule has 0 radical (unpaired) electrons. The molecule has 3 aromatic rings. The van der Waals surface area contributed by atoms with Crippen molar-refractivity contribution in [3.63, 3.8) is 0 Å². The van der Waals surface area contributed by atoms with Gasteiger partial charge < -0.3 is 14.6 Å². The maximum absolute atomic E-state index is 10.0. The molecular formula is C17H11I3O3. The molecule has 0 amide bonds. The fraction of sp³-hybridized carbons (Fsp3) is 0.0588. The predicted octanol–water partition coefficient (Wildman–Crippen LogP) is 5.68. The SMILES string of the molecule is Oc1ccc(C(c2cc(I)c(O)c(I)c2)c2ccco2)cc1I. The summed E-state index contributed by atoms with van der Waals surface area (Å²) in [6, 6.07) is 13.3. The average Bonchev–Trinajstić information content (AvgIpc) is 3.02. The van der Waals surface area contributed by atoms with Crippen molar-refractivity contribution in [3.05, 3.63) is 76.3 Å². The van der Waals surface area contributed by atoms with Gasteiger partial charge in [0.15, 0.2) is 0 Å². The molecule has 3 nitrogen and oxygen atoms in total. The second kappa shape index (κ2) is 7.18. The molecule has 1 heterocycles. The average molecular weight is 644 g/mol. The number of phenolic OH excluding ortho intramolecular Hbond substituents is 2. The van der Waals surface area contributed by atoms with E-state index in [0.717, 1.165) is 27.6 Å². The van der Waals surface area contributed by atoms with Crippen LogP contribution in [0, 0.1) is 10.7 Å². The van der Waals surface area contributed by atoms with Gasteiger partial charge >= 0.3 is 0 Å². The first-order valence-electron chi connectivity index (χ1n) is 6.67. The van der Waals surface area contributed by atoms with E-state index in [9.17, 15) is 10.2 Å². The van der Waals surface area contributed by atoms with Crippen LogP contribution >= 0.6 is 67.8 Å². The summed E-state index contributed by atoms with van der Waals surface area (Å²) in [5.41, 5.74) is 2.06. The van der Waals surface area contributed by atoms with Crippen LogP contribution in [0.3, 0.4) is 0 Å². The molecule has 2 N–H and O–H groups in total. The molecule has 118 valence electrons. The summed E-state index contributed by atoms with van der Waals surface area (Å²) < 4.78 is 8.04. The van der Waals surface area contributed by atoms with Crippen molar-refractivity contribution in [3.8, 4) is 11.5 Å².